The number of hydrogen-bond donors (Lipinski definition) is 3. The Kier molecular flexibility index (Phi) is 9.78. The highest BCUT2D eigenvalue weighted by molar-refractivity contribution is 7.19. The Labute approximate surface area is 291 Å². The first-order chi connectivity index (χ1) is 24.3. The Bertz CT molecular complexity index is 2320. The number of hydrazine groups is 1. The van der Waals surface area contributed by atoms with Crippen LogP contribution < -0.4 is 17.4 Å². The zero-order valence-corrected chi connectivity index (χ0v) is 28.2. The number of rotatable bonds is 5. The van der Waals surface area contributed by atoms with E-state index in [9.17, 15) is 0 Å². The van der Waals surface area contributed by atoms with Crippen LogP contribution >= 0.6 is 11.3 Å². The molecule has 1 aliphatic rings. The first kappa shape index (κ1) is 32.3. The molecule has 242 valence electrons. The fraction of sp³-hybridized carbons (Fsp3) is 0.0909. The molecule has 0 saturated heterocycles. The quantitative estimate of drug-likeness (QED) is 0.127. The predicted molar refractivity (Wildman–Crippen MR) is 210 cm³/mol. The van der Waals surface area contributed by atoms with Gasteiger partial charge in [-0.2, -0.15) is 0 Å². The molecule has 0 amide bonds. The summed E-state index contributed by atoms with van der Waals surface area (Å²) in [5, 5.41) is 3.93. The topological polar surface area (TPSA) is 83.0 Å². The fourth-order valence-corrected chi connectivity index (χ4v) is 8.41. The van der Waals surface area contributed by atoms with Crippen molar-refractivity contribution in [1.82, 2.24) is 4.57 Å². The molecule has 0 atom stereocenters. The summed E-state index contributed by atoms with van der Waals surface area (Å²) < 4.78 is 3.79. The third kappa shape index (κ3) is 6.33. The average molecular weight is 657 g/mol. The standard InChI is InChI=1S/C31H24N2S.C13H12.H4N2/c32-19-20-9-6-16-26-29-23(13-8-18-28(29)34-31(20)26)25-15-7-14-24-22-12-4-5-17-27(22)33(30(24)25)21-10-2-1-3-11-21;1-3-7-12(8-4-1)11-13-9-5-2-6-10-13;1-2/h1-7,9-17H,8,18-19,32H2;1-10H,11H2;1-2H2. The molecule has 8 aromatic rings. The summed E-state index contributed by atoms with van der Waals surface area (Å²) in [5.74, 6) is 8.00. The zero-order valence-electron chi connectivity index (χ0n) is 27.4. The van der Waals surface area contributed by atoms with Crippen molar-refractivity contribution in [3.63, 3.8) is 0 Å². The predicted octanol–water partition coefficient (Wildman–Crippen LogP) is 9.93. The van der Waals surface area contributed by atoms with E-state index in [1.807, 2.05) is 11.3 Å². The number of aryl methyl sites for hydroxylation is 1. The molecule has 0 spiro atoms. The molecule has 2 heterocycles. The summed E-state index contributed by atoms with van der Waals surface area (Å²) in [4.78, 5) is 1.48. The molecule has 0 bridgehead atoms. The molecule has 0 saturated carbocycles. The molecule has 5 heteroatoms. The number of thiophene rings is 1. The number of aromatic nitrogens is 1. The summed E-state index contributed by atoms with van der Waals surface area (Å²) in [5.41, 5.74) is 17.9. The van der Waals surface area contributed by atoms with Crippen LogP contribution in [0.2, 0.25) is 0 Å². The number of hydrogen-bond acceptors (Lipinski definition) is 4. The van der Waals surface area contributed by atoms with E-state index in [0.29, 0.717) is 6.54 Å². The van der Waals surface area contributed by atoms with E-state index in [2.05, 4.69) is 174 Å². The number of nitrogens with two attached hydrogens (primary N) is 3. The van der Waals surface area contributed by atoms with Gasteiger partial charge in [0.1, 0.15) is 0 Å². The second kappa shape index (κ2) is 14.9. The summed E-state index contributed by atoms with van der Waals surface area (Å²) in [6.07, 6.45) is 5.64. The second-order valence-electron chi connectivity index (χ2n) is 12.1. The Morgan fingerprint density at radius 3 is 1.88 bits per heavy atom. The minimum Gasteiger partial charge on any atom is -0.326 e. The van der Waals surface area contributed by atoms with Crippen LogP contribution in [0.25, 0.3) is 43.2 Å². The van der Waals surface area contributed by atoms with E-state index in [1.165, 1.54) is 75.8 Å². The Morgan fingerprint density at radius 2 is 1.18 bits per heavy atom. The van der Waals surface area contributed by atoms with E-state index in [0.717, 1.165) is 19.3 Å². The monoisotopic (exact) mass is 656 g/mol. The van der Waals surface area contributed by atoms with Crippen molar-refractivity contribution < 1.29 is 0 Å². The number of benzene rings is 6. The minimum atomic E-state index is 0.577. The lowest BCUT2D eigenvalue weighted by molar-refractivity contribution is 1.01. The van der Waals surface area contributed by atoms with Crippen LogP contribution in [0.15, 0.2) is 158 Å². The van der Waals surface area contributed by atoms with Gasteiger partial charge in [-0.3, -0.25) is 11.7 Å². The van der Waals surface area contributed by atoms with Crippen LogP contribution in [0.5, 0.6) is 0 Å². The van der Waals surface area contributed by atoms with Crippen LogP contribution in [-0.4, -0.2) is 4.57 Å². The Hall–Kier alpha value is -5.30. The summed E-state index contributed by atoms with van der Waals surface area (Å²) >= 11 is 1.93. The van der Waals surface area contributed by atoms with Gasteiger partial charge in [-0.05, 0) is 59.7 Å². The van der Waals surface area contributed by atoms with Crippen molar-refractivity contribution in [1.29, 1.82) is 0 Å². The Morgan fingerprint density at radius 1 is 0.592 bits per heavy atom. The average Bonchev–Trinajstić information content (AvgIpc) is 3.73. The molecule has 2 aromatic heterocycles. The van der Waals surface area contributed by atoms with Crippen LogP contribution in [0.4, 0.5) is 0 Å². The highest BCUT2D eigenvalue weighted by atomic mass is 32.1. The molecule has 4 nitrogen and oxygen atoms in total. The lowest BCUT2D eigenvalue weighted by Gasteiger charge is -2.18. The maximum Gasteiger partial charge on any atom is 0.0619 e. The second-order valence-corrected chi connectivity index (χ2v) is 13.2. The van der Waals surface area contributed by atoms with Crippen molar-refractivity contribution in [3.05, 3.63) is 190 Å². The number of fused-ring (bicyclic) bond motifs is 6. The molecule has 49 heavy (non-hydrogen) atoms. The van der Waals surface area contributed by atoms with Gasteiger partial charge in [0.05, 0.1) is 11.0 Å². The van der Waals surface area contributed by atoms with Crippen molar-refractivity contribution in [2.75, 3.05) is 0 Å². The molecule has 6 aromatic carbocycles. The normalized spacial score (nSPS) is 12.1. The molecule has 0 fully saturated rings. The van der Waals surface area contributed by atoms with Crippen molar-refractivity contribution in [2.24, 2.45) is 17.4 Å². The van der Waals surface area contributed by atoms with E-state index in [1.54, 1.807) is 0 Å². The summed E-state index contributed by atoms with van der Waals surface area (Å²) in [7, 11) is 0. The van der Waals surface area contributed by atoms with Gasteiger partial charge in [0, 0.05) is 49.1 Å². The van der Waals surface area contributed by atoms with Gasteiger partial charge in [-0.1, -0.05) is 140 Å². The van der Waals surface area contributed by atoms with E-state index in [-0.39, 0.29) is 0 Å². The Balaban J connectivity index is 0.000000212. The van der Waals surface area contributed by atoms with Crippen molar-refractivity contribution in [3.8, 4) is 5.69 Å². The van der Waals surface area contributed by atoms with Gasteiger partial charge in [0.15, 0.2) is 0 Å². The lowest BCUT2D eigenvalue weighted by atomic mass is 9.88. The van der Waals surface area contributed by atoms with Gasteiger partial charge in [0.25, 0.3) is 0 Å². The number of nitrogens with zero attached hydrogens (tertiary/aromatic N) is 1. The minimum absolute atomic E-state index is 0.577. The van der Waals surface area contributed by atoms with Crippen LogP contribution in [0.3, 0.4) is 0 Å². The van der Waals surface area contributed by atoms with Gasteiger partial charge in [-0.25, -0.2) is 0 Å². The summed E-state index contributed by atoms with van der Waals surface area (Å²) in [6.45, 7) is 0.577. The third-order valence-electron chi connectivity index (χ3n) is 9.17. The van der Waals surface area contributed by atoms with Gasteiger partial charge in [-0.15, -0.1) is 11.3 Å². The molecule has 9 rings (SSSR count). The molecule has 0 radical (unpaired) electrons. The molecule has 0 unspecified atom stereocenters. The summed E-state index contributed by atoms with van der Waals surface area (Å²) in [6, 6.07) is 54.0. The molecular formula is C44H40N4S. The van der Waals surface area contributed by atoms with Gasteiger partial charge < -0.3 is 10.3 Å². The van der Waals surface area contributed by atoms with Gasteiger partial charge >= 0.3 is 0 Å². The van der Waals surface area contributed by atoms with E-state index in [4.69, 9.17) is 5.73 Å². The van der Waals surface area contributed by atoms with Crippen molar-refractivity contribution in [2.45, 2.75) is 25.8 Å². The zero-order chi connectivity index (χ0) is 33.6. The van der Waals surface area contributed by atoms with Crippen molar-refractivity contribution >= 4 is 48.8 Å². The first-order valence-electron chi connectivity index (χ1n) is 16.7. The highest BCUT2D eigenvalue weighted by Gasteiger charge is 2.24. The fourth-order valence-electron chi connectivity index (χ4n) is 7.06. The molecule has 6 N–H and O–H groups in total. The van der Waals surface area contributed by atoms with E-state index < -0.39 is 0 Å². The smallest absolute Gasteiger partial charge is 0.0619 e. The highest BCUT2D eigenvalue weighted by Crippen LogP contribution is 2.46. The van der Waals surface area contributed by atoms with Crippen LogP contribution in [0.1, 0.15) is 39.1 Å². The lowest BCUT2D eigenvalue weighted by Crippen LogP contribution is -2.02. The van der Waals surface area contributed by atoms with Gasteiger partial charge in [0.2, 0.25) is 0 Å². The van der Waals surface area contributed by atoms with E-state index >= 15 is 0 Å². The SMILES string of the molecule is NCc1cccc2c3c(sc12)CCC=C3c1cccc2c3ccccc3n(-c3ccccc3)c12.NN.c1ccc(Cc2ccccc2)cc1. The first-order valence-corrected chi connectivity index (χ1v) is 17.5. The van der Waals surface area contributed by atoms with Crippen LogP contribution in [0, 0.1) is 0 Å². The molecular weight excluding hydrogens is 617 g/mol. The number of allylic oxidation sites excluding steroid dienone is 1. The largest absolute Gasteiger partial charge is 0.326 e. The molecule has 0 aliphatic heterocycles. The maximum absolute atomic E-state index is 6.11. The maximum atomic E-state index is 6.11. The van der Waals surface area contributed by atoms with Crippen LogP contribution in [-0.2, 0) is 19.4 Å². The number of para-hydroxylation sites is 3. The third-order valence-corrected chi connectivity index (χ3v) is 10.5. The molecule has 1 aliphatic carbocycles.